The topological polar surface area (TPSA) is 64.4 Å². The molecule has 0 amide bonds. The molecule has 5 heteroatoms. The van der Waals surface area contributed by atoms with Crippen LogP contribution in [0.1, 0.15) is 39.0 Å². The number of nitro groups is 1. The van der Waals surface area contributed by atoms with Crippen LogP contribution >= 0.6 is 0 Å². The van der Waals surface area contributed by atoms with E-state index < -0.39 is 0 Å². The van der Waals surface area contributed by atoms with E-state index >= 15 is 0 Å². The van der Waals surface area contributed by atoms with E-state index in [0.29, 0.717) is 17.5 Å². The van der Waals surface area contributed by atoms with Crippen LogP contribution < -0.4 is 10.1 Å². The van der Waals surface area contributed by atoms with Crippen LogP contribution in [0.2, 0.25) is 0 Å². The van der Waals surface area contributed by atoms with Crippen molar-refractivity contribution < 1.29 is 9.66 Å². The third kappa shape index (κ3) is 3.21. The minimum atomic E-state index is -0.376. The SMILES string of the molecule is CCC1CCC(Nc2cccc(OC)c2[N+](=O)[O-])CC1. The van der Waals surface area contributed by atoms with Gasteiger partial charge in [0.2, 0.25) is 0 Å². The fraction of sp³-hybridized carbons (Fsp3) is 0.600. The summed E-state index contributed by atoms with van der Waals surface area (Å²) in [6, 6.07) is 5.49. The van der Waals surface area contributed by atoms with Gasteiger partial charge in [-0.2, -0.15) is 0 Å². The molecular weight excluding hydrogens is 256 g/mol. The Morgan fingerprint density at radius 2 is 2.05 bits per heavy atom. The van der Waals surface area contributed by atoms with Crippen molar-refractivity contribution in [2.45, 2.75) is 45.1 Å². The zero-order chi connectivity index (χ0) is 14.5. The predicted octanol–water partition coefficient (Wildman–Crippen LogP) is 3.98. The summed E-state index contributed by atoms with van der Waals surface area (Å²) in [6.45, 7) is 2.23. The second-order valence-corrected chi connectivity index (χ2v) is 5.38. The highest BCUT2D eigenvalue weighted by molar-refractivity contribution is 5.68. The van der Waals surface area contributed by atoms with Gasteiger partial charge >= 0.3 is 5.69 Å². The van der Waals surface area contributed by atoms with Gasteiger partial charge < -0.3 is 10.1 Å². The minimum Gasteiger partial charge on any atom is -0.490 e. The van der Waals surface area contributed by atoms with Crippen molar-refractivity contribution in [2.75, 3.05) is 12.4 Å². The lowest BCUT2D eigenvalue weighted by molar-refractivity contribution is -0.384. The number of rotatable bonds is 5. The monoisotopic (exact) mass is 278 g/mol. The zero-order valence-corrected chi connectivity index (χ0v) is 12.1. The van der Waals surface area contributed by atoms with E-state index in [1.54, 1.807) is 18.2 Å². The van der Waals surface area contributed by atoms with Crippen molar-refractivity contribution in [3.8, 4) is 5.75 Å². The summed E-state index contributed by atoms with van der Waals surface area (Å²) in [5.74, 6) is 1.12. The van der Waals surface area contributed by atoms with Crippen LogP contribution in [0, 0.1) is 16.0 Å². The summed E-state index contributed by atoms with van der Waals surface area (Å²) in [7, 11) is 1.46. The molecule has 110 valence electrons. The summed E-state index contributed by atoms with van der Waals surface area (Å²) >= 11 is 0. The van der Waals surface area contributed by atoms with Crippen molar-refractivity contribution >= 4 is 11.4 Å². The Morgan fingerprint density at radius 3 is 2.60 bits per heavy atom. The quantitative estimate of drug-likeness (QED) is 0.653. The average molecular weight is 278 g/mol. The molecule has 1 aromatic carbocycles. The fourth-order valence-electron chi connectivity index (χ4n) is 2.93. The molecular formula is C15H22N2O3. The molecule has 1 N–H and O–H groups in total. The van der Waals surface area contributed by atoms with Crippen LogP contribution in [-0.4, -0.2) is 18.1 Å². The summed E-state index contributed by atoms with van der Waals surface area (Å²) < 4.78 is 5.09. The molecule has 0 saturated heterocycles. The molecule has 0 unspecified atom stereocenters. The van der Waals surface area contributed by atoms with Crippen LogP contribution in [0.25, 0.3) is 0 Å². The number of hydrogen-bond acceptors (Lipinski definition) is 4. The Morgan fingerprint density at radius 1 is 1.35 bits per heavy atom. The maximum atomic E-state index is 11.2. The molecule has 1 saturated carbocycles. The molecule has 0 atom stereocenters. The van der Waals surface area contributed by atoms with Crippen LogP contribution in [-0.2, 0) is 0 Å². The number of hydrogen-bond donors (Lipinski definition) is 1. The molecule has 1 aliphatic carbocycles. The Hall–Kier alpha value is -1.78. The van der Waals surface area contributed by atoms with Gasteiger partial charge in [-0.15, -0.1) is 0 Å². The maximum absolute atomic E-state index is 11.2. The minimum absolute atomic E-state index is 0.0348. The summed E-state index contributed by atoms with van der Waals surface area (Å²) in [5, 5.41) is 14.6. The first-order valence-corrected chi connectivity index (χ1v) is 7.23. The molecule has 20 heavy (non-hydrogen) atoms. The molecule has 0 aromatic heterocycles. The van der Waals surface area contributed by atoms with Gasteiger partial charge in [-0.25, -0.2) is 0 Å². The number of ether oxygens (including phenoxy) is 1. The second-order valence-electron chi connectivity index (χ2n) is 5.38. The fourth-order valence-corrected chi connectivity index (χ4v) is 2.93. The summed E-state index contributed by atoms with van der Waals surface area (Å²) in [6.07, 6.45) is 5.78. The third-order valence-corrected chi connectivity index (χ3v) is 4.19. The molecule has 2 rings (SSSR count). The van der Waals surface area contributed by atoms with E-state index in [9.17, 15) is 10.1 Å². The largest absolute Gasteiger partial charge is 0.490 e. The molecule has 0 aliphatic heterocycles. The van der Waals surface area contributed by atoms with Crippen molar-refractivity contribution in [1.29, 1.82) is 0 Å². The van der Waals surface area contributed by atoms with Gasteiger partial charge in [0, 0.05) is 6.04 Å². The first kappa shape index (κ1) is 14.6. The van der Waals surface area contributed by atoms with Crippen LogP contribution in [0.15, 0.2) is 18.2 Å². The average Bonchev–Trinajstić information content (AvgIpc) is 2.47. The standard InChI is InChI=1S/C15H22N2O3/c1-3-11-7-9-12(10-8-11)16-13-5-4-6-14(20-2)15(13)17(18)19/h4-6,11-12,16H,3,7-10H2,1-2H3. The highest BCUT2D eigenvalue weighted by Crippen LogP contribution is 2.36. The second kappa shape index (κ2) is 6.59. The van der Waals surface area contributed by atoms with Crippen LogP contribution in [0.5, 0.6) is 5.75 Å². The number of nitro benzene ring substituents is 1. The Balaban J connectivity index is 2.12. The van der Waals surface area contributed by atoms with E-state index in [4.69, 9.17) is 4.74 Å². The Labute approximate surface area is 119 Å². The zero-order valence-electron chi connectivity index (χ0n) is 12.1. The van der Waals surface area contributed by atoms with Gasteiger partial charge in [-0.1, -0.05) is 19.4 Å². The molecule has 1 aromatic rings. The molecule has 5 nitrogen and oxygen atoms in total. The molecule has 0 bridgehead atoms. The van der Waals surface area contributed by atoms with E-state index in [2.05, 4.69) is 12.2 Å². The maximum Gasteiger partial charge on any atom is 0.333 e. The number of methoxy groups -OCH3 is 1. The van der Waals surface area contributed by atoms with Gasteiger partial charge in [0.15, 0.2) is 5.75 Å². The number of nitrogens with zero attached hydrogens (tertiary/aromatic N) is 1. The highest BCUT2D eigenvalue weighted by atomic mass is 16.6. The smallest absolute Gasteiger partial charge is 0.333 e. The van der Waals surface area contributed by atoms with Gasteiger partial charge in [0.05, 0.1) is 12.0 Å². The third-order valence-electron chi connectivity index (χ3n) is 4.19. The van der Waals surface area contributed by atoms with E-state index in [0.717, 1.165) is 18.8 Å². The summed E-state index contributed by atoms with van der Waals surface area (Å²) in [5.41, 5.74) is 0.599. The number of nitrogens with one attached hydrogen (secondary N) is 1. The first-order chi connectivity index (χ1) is 9.65. The Bertz CT molecular complexity index is 468. The summed E-state index contributed by atoms with van der Waals surface area (Å²) in [4.78, 5) is 10.9. The van der Waals surface area contributed by atoms with Gasteiger partial charge in [-0.05, 0) is 43.7 Å². The van der Waals surface area contributed by atoms with Crippen molar-refractivity contribution in [2.24, 2.45) is 5.92 Å². The lowest BCUT2D eigenvalue weighted by atomic mass is 9.84. The number of anilines is 1. The van der Waals surface area contributed by atoms with Crippen molar-refractivity contribution in [3.63, 3.8) is 0 Å². The number of benzene rings is 1. The van der Waals surface area contributed by atoms with Gasteiger partial charge in [-0.3, -0.25) is 10.1 Å². The molecule has 1 aliphatic rings. The lowest BCUT2D eigenvalue weighted by Crippen LogP contribution is -2.26. The molecule has 1 fully saturated rings. The predicted molar refractivity (Wildman–Crippen MR) is 79.3 cm³/mol. The van der Waals surface area contributed by atoms with Crippen molar-refractivity contribution in [1.82, 2.24) is 0 Å². The van der Waals surface area contributed by atoms with Crippen LogP contribution in [0.3, 0.4) is 0 Å². The Kier molecular flexibility index (Phi) is 4.82. The van der Waals surface area contributed by atoms with E-state index in [-0.39, 0.29) is 10.6 Å². The van der Waals surface area contributed by atoms with Crippen LogP contribution in [0.4, 0.5) is 11.4 Å². The molecule has 0 heterocycles. The number of para-hydroxylation sites is 1. The van der Waals surface area contributed by atoms with Gasteiger partial charge in [0.25, 0.3) is 0 Å². The lowest BCUT2D eigenvalue weighted by Gasteiger charge is -2.29. The normalized spacial score (nSPS) is 22.3. The van der Waals surface area contributed by atoms with E-state index in [1.807, 2.05) is 0 Å². The van der Waals surface area contributed by atoms with E-state index in [1.165, 1.54) is 26.4 Å². The highest BCUT2D eigenvalue weighted by Gasteiger charge is 2.25. The first-order valence-electron chi connectivity index (χ1n) is 7.23. The molecule has 0 radical (unpaired) electrons. The van der Waals surface area contributed by atoms with Crippen molar-refractivity contribution in [3.05, 3.63) is 28.3 Å². The molecule has 0 spiro atoms. The van der Waals surface area contributed by atoms with Gasteiger partial charge in [0.1, 0.15) is 5.69 Å².